The molecule has 0 radical (unpaired) electrons. The van der Waals surface area contributed by atoms with E-state index in [4.69, 9.17) is 0 Å². The van der Waals surface area contributed by atoms with E-state index in [1.165, 1.54) is 0 Å². The predicted molar refractivity (Wildman–Crippen MR) is 49.4 cm³/mol. The van der Waals surface area contributed by atoms with Crippen LogP contribution in [0.25, 0.3) is 0 Å². The second-order valence-corrected chi connectivity index (χ2v) is 1.72. The van der Waals surface area contributed by atoms with E-state index in [1.807, 2.05) is 19.9 Å². The van der Waals surface area contributed by atoms with E-state index in [-0.39, 0.29) is 0 Å². The lowest BCUT2D eigenvalue weighted by atomic mass is 10.4. The molecule has 10 heavy (non-hydrogen) atoms. The van der Waals surface area contributed by atoms with Crippen molar-refractivity contribution in [3.63, 3.8) is 0 Å². The molecule has 0 fully saturated rings. The molecule has 0 aliphatic heterocycles. The first-order valence-corrected chi connectivity index (χ1v) is 3.04. The van der Waals surface area contributed by atoms with Crippen molar-refractivity contribution < 1.29 is 0 Å². The molecule has 56 valence electrons. The van der Waals surface area contributed by atoms with Crippen LogP contribution in [-0.4, -0.2) is 6.72 Å². The van der Waals surface area contributed by atoms with E-state index in [0.29, 0.717) is 0 Å². The third-order valence-electron chi connectivity index (χ3n) is 0.603. The van der Waals surface area contributed by atoms with E-state index < -0.39 is 0 Å². The van der Waals surface area contributed by atoms with Gasteiger partial charge in [0.25, 0.3) is 0 Å². The smallest absolute Gasteiger partial charge is 0.0217 e. The van der Waals surface area contributed by atoms with Gasteiger partial charge in [0.2, 0.25) is 0 Å². The summed E-state index contributed by atoms with van der Waals surface area (Å²) >= 11 is 0. The van der Waals surface area contributed by atoms with Gasteiger partial charge >= 0.3 is 0 Å². The lowest BCUT2D eigenvalue weighted by Crippen LogP contribution is -1.50. The first kappa shape index (κ1) is 11.7. The Morgan fingerprint density at radius 3 is 1.90 bits per heavy atom. The molecule has 0 N–H and O–H groups in total. The van der Waals surface area contributed by atoms with Crippen molar-refractivity contribution in [2.75, 3.05) is 0 Å². The van der Waals surface area contributed by atoms with E-state index in [0.717, 1.165) is 5.57 Å². The normalized spacial score (nSPS) is 7.80. The van der Waals surface area contributed by atoms with E-state index in [1.54, 1.807) is 12.3 Å². The molecule has 0 rings (SSSR count). The highest BCUT2D eigenvalue weighted by Gasteiger charge is 1.59. The van der Waals surface area contributed by atoms with Crippen LogP contribution < -0.4 is 0 Å². The fraction of sp³-hybridized carbons (Fsp3) is 0.222. The maximum atomic E-state index is 3.56. The third kappa shape index (κ3) is 28.6. The Kier molecular flexibility index (Phi) is 12.6. The molecule has 0 heterocycles. The molecule has 1 heteroatoms. The van der Waals surface area contributed by atoms with Gasteiger partial charge in [-0.25, -0.2) is 0 Å². The summed E-state index contributed by atoms with van der Waals surface area (Å²) in [4.78, 5) is 3.42. The molecular formula is C9H15N. The number of hydrogen-bond acceptors (Lipinski definition) is 1. The summed E-state index contributed by atoms with van der Waals surface area (Å²) in [5, 5.41) is 0. The molecule has 0 saturated carbocycles. The van der Waals surface area contributed by atoms with Crippen LogP contribution in [0.15, 0.2) is 42.1 Å². The Bertz CT molecular complexity index is 132. The average Bonchev–Trinajstić information content (AvgIpc) is 1.91. The van der Waals surface area contributed by atoms with Crippen molar-refractivity contribution in [2.24, 2.45) is 4.99 Å². The van der Waals surface area contributed by atoms with Gasteiger partial charge < -0.3 is 0 Å². The number of allylic oxidation sites excluding steroid dienone is 3. The van der Waals surface area contributed by atoms with Gasteiger partial charge in [-0.15, -0.1) is 0 Å². The highest BCUT2D eigenvalue weighted by atomic mass is 14.6. The summed E-state index contributed by atoms with van der Waals surface area (Å²) in [7, 11) is 0. The van der Waals surface area contributed by atoms with E-state index in [2.05, 4.69) is 24.9 Å². The zero-order chi connectivity index (χ0) is 8.41. The van der Waals surface area contributed by atoms with Crippen LogP contribution in [0.5, 0.6) is 0 Å². The lowest BCUT2D eigenvalue weighted by molar-refractivity contribution is 1.56. The van der Waals surface area contributed by atoms with Crippen molar-refractivity contribution in [3.05, 3.63) is 37.1 Å². The lowest BCUT2D eigenvalue weighted by Gasteiger charge is -1.71. The summed E-state index contributed by atoms with van der Waals surface area (Å²) in [6.07, 6.45) is 5.19. The fourth-order valence-electron chi connectivity index (χ4n) is 0.105. The Balaban J connectivity index is 0. The van der Waals surface area contributed by atoms with Gasteiger partial charge in [0, 0.05) is 6.20 Å². The van der Waals surface area contributed by atoms with Gasteiger partial charge in [-0.1, -0.05) is 30.9 Å². The maximum absolute atomic E-state index is 3.56. The van der Waals surface area contributed by atoms with Gasteiger partial charge in [0.05, 0.1) is 0 Å². The maximum Gasteiger partial charge on any atom is 0.0217 e. The molecule has 0 spiro atoms. The quantitative estimate of drug-likeness (QED) is 0.410. The van der Waals surface area contributed by atoms with Crippen LogP contribution in [0.4, 0.5) is 0 Å². The first-order chi connectivity index (χ1) is 4.68. The van der Waals surface area contributed by atoms with Crippen LogP contribution in [-0.2, 0) is 0 Å². The summed E-state index contributed by atoms with van der Waals surface area (Å²) in [5.74, 6) is 0. The minimum absolute atomic E-state index is 1.02. The topological polar surface area (TPSA) is 12.4 Å². The molecule has 0 aliphatic carbocycles. The number of aliphatic imine (C=N–C) groups is 1. The average molecular weight is 137 g/mol. The molecule has 0 saturated heterocycles. The Morgan fingerprint density at radius 1 is 1.50 bits per heavy atom. The van der Waals surface area contributed by atoms with Crippen molar-refractivity contribution in [2.45, 2.75) is 13.8 Å². The van der Waals surface area contributed by atoms with E-state index >= 15 is 0 Å². The Morgan fingerprint density at radius 2 is 1.90 bits per heavy atom. The molecule has 1 nitrogen and oxygen atoms in total. The predicted octanol–water partition coefficient (Wildman–Crippen LogP) is 2.97. The van der Waals surface area contributed by atoms with Crippen molar-refractivity contribution in [1.29, 1.82) is 0 Å². The van der Waals surface area contributed by atoms with Crippen molar-refractivity contribution in [3.8, 4) is 0 Å². The number of hydrogen-bond donors (Lipinski definition) is 0. The van der Waals surface area contributed by atoms with Crippen LogP contribution in [0.1, 0.15) is 13.8 Å². The molecule has 0 aromatic carbocycles. The summed E-state index contributed by atoms with van der Waals surface area (Å²) in [6.45, 7) is 14.0. The van der Waals surface area contributed by atoms with Crippen LogP contribution in [0.3, 0.4) is 0 Å². The third-order valence-corrected chi connectivity index (χ3v) is 0.603. The minimum atomic E-state index is 1.02. The zero-order valence-electron chi connectivity index (χ0n) is 6.80. The van der Waals surface area contributed by atoms with Gasteiger partial charge in [-0.2, -0.15) is 0 Å². The summed E-state index contributed by atoms with van der Waals surface area (Å²) < 4.78 is 0. The van der Waals surface area contributed by atoms with Gasteiger partial charge in [-0.3, -0.25) is 4.99 Å². The molecule has 0 unspecified atom stereocenters. The second kappa shape index (κ2) is 10.8. The largest absolute Gasteiger partial charge is 0.273 e. The molecule has 0 bridgehead atoms. The fourth-order valence-corrected chi connectivity index (χ4v) is 0.105. The van der Waals surface area contributed by atoms with Gasteiger partial charge in [-0.05, 0) is 20.6 Å². The first-order valence-electron chi connectivity index (χ1n) is 3.04. The van der Waals surface area contributed by atoms with Crippen LogP contribution in [0.2, 0.25) is 0 Å². The zero-order valence-corrected chi connectivity index (χ0v) is 6.80. The minimum Gasteiger partial charge on any atom is -0.273 e. The molecule has 0 atom stereocenters. The molecular weight excluding hydrogens is 122 g/mol. The monoisotopic (exact) mass is 137 g/mol. The standard InChI is InChI=1S/C5H8.C4H7N/c1-4-5(2)3;1-3-4-5-2/h4H,1-2H2,3H3;3-4H,2H2,1H3/b;4-3-. The second-order valence-electron chi connectivity index (χ2n) is 1.72. The van der Waals surface area contributed by atoms with Gasteiger partial charge in [0.15, 0.2) is 0 Å². The molecule has 0 aromatic heterocycles. The van der Waals surface area contributed by atoms with Crippen molar-refractivity contribution >= 4 is 6.72 Å². The summed E-state index contributed by atoms with van der Waals surface area (Å²) in [6, 6.07) is 0. The van der Waals surface area contributed by atoms with Crippen LogP contribution in [0, 0.1) is 0 Å². The van der Waals surface area contributed by atoms with Crippen LogP contribution >= 0.6 is 0 Å². The highest BCUT2D eigenvalue weighted by molar-refractivity contribution is 5.25. The molecule has 0 aliphatic rings. The Hall–Kier alpha value is -1.11. The highest BCUT2D eigenvalue weighted by Crippen LogP contribution is 1.81. The molecule has 0 amide bonds. The SMILES string of the molecule is C=CC(=C)C.C=N/C=C\C. The molecule has 0 aromatic rings. The van der Waals surface area contributed by atoms with E-state index in [9.17, 15) is 0 Å². The number of nitrogens with zero attached hydrogens (tertiary/aromatic N) is 1. The summed E-state index contributed by atoms with van der Waals surface area (Å²) in [5.41, 5.74) is 1.02. The van der Waals surface area contributed by atoms with Crippen molar-refractivity contribution in [1.82, 2.24) is 0 Å². The number of rotatable bonds is 2. The van der Waals surface area contributed by atoms with Gasteiger partial charge in [0.1, 0.15) is 0 Å². The Labute approximate surface area is 63.5 Å².